The molecule has 2 amide bonds. The van der Waals surface area contributed by atoms with Crippen LogP contribution in [0.2, 0.25) is 0 Å². The fourth-order valence-electron chi connectivity index (χ4n) is 4.51. The summed E-state index contributed by atoms with van der Waals surface area (Å²) in [5, 5.41) is 3.23. The van der Waals surface area contributed by atoms with Crippen molar-refractivity contribution in [2.75, 3.05) is 13.2 Å². The third kappa shape index (κ3) is 8.23. The molecule has 0 heterocycles. The quantitative estimate of drug-likeness (QED) is 0.455. The Morgan fingerprint density at radius 3 is 2.33 bits per heavy atom. The molecule has 5 heteroatoms. The molecule has 0 aliphatic heterocycles. The minimum Gasteiger partial charge on any atom is -0.494 e. The lowest BCUT2D eigenvalue weighted by Crippen LogP contribution is -2.52. The van der Waals surface area contributed by atoms with Gasteiger partial charge in [0.15, 0.2) is 0 Å². The van der Waals surface area contributed by atoms with E-state index >= 15 is 0 Å². The van der Waals surface area contributed by atoms with Crippen molar-refractivity contribution >= 4 is 11.8 Å². The largest absolute Gasteiger partial charge is 0.494 e. The monoisotopic (exact) mass is 450 g/mol. The van der Waals surface area contributed by atoms with Gasteiger partial charge in [0.1, 0.15) is 11.8 Å². The summed E-state index contributed by atoms with van der Waals surface area (Å²) in [6.07, 6.45) is 7.99. The van der Waals surface area contributed by atoms with Crippen LogP contribution in [-0.4, -0.2) is 41.9 Å². The summed E-state index contributed by atoms with van der Waals surface area (Å²) < 4.78 is 5.75. The first kappa shape index (κ1) is 24.8. The molecule has 33 heavy (non-hydrogen) atoms. The SMILES string of the molecule is CC[C@H](C(=O)NC1CCCCC1)N(CCc1ccccc1)C(=O)CCCOc1ccccc1. The van der Waals surface area contributed by atoms with Crippen LogP contribution >= 0.6 is 0 Å². The molecule has 0 bridgehead atoms. The van der Waals surface area contributed by atoms with Crippen LogP contribution in [0.1, 0.15) is 63.9 Å². The number of benzene rings is 2. The number of nitrogens with zero attached hydrogens (tertiary/aromatic N) is 1. The molecule has 1 aliphatic rings. The highest BCUT2D eigenvalue weighted by Gasteiger charge is 2.29. The highest BCUT2D eigenvalue weighted by Crippen LogP contribution is 2.19. The molecule has 1 aliphatic carbocycles. The fourth-order valence-corrected chi connectivity index (χ4v) is 4.51. The Bertz CT molecular complexity index is 835. The number of ether oxygens (including phenoxy) is 1. The molecule has 2 aromatic rings. The molecule has 5 nitrogen and oxygen atoms in total. The van der Waals surface area contributed by atoms with Crippen molar-refractivity contribution in [1.82, 2.24) is 10.2 Å². The Labute approximate surface area is 198 Å². The van der Waals surface area contributed by atoms with Gasteiger partial charge >= 0.3 is 0 Å². The molecule has 178 valence electrons. The summed E-state index contributed by atoms with van der Waals surface area (Å²) in [6.45, 7) is 3.01. The Kier molecular flexibility index (Phi) is 10.3. The van der Waals surface area contributed by atoms with Gasteiger partial charge in [-0.05, 0) is 49.8 Å². The van der Waals surface area contributed by atoms with Crippen LogP contribution in [0.5, 0.6) is 5.75 Å². The molecule has 0 saturated heterocycles. The maximum atomic E-state index is 13.3. The summed E-state index contributed by atoms with van der Waals surface area (Å²) in [4.78, 5) is 28.2. The molecule has 0 radical (unpaired) electrons. The topological polar surface area (TPSA) is 58.6 Å². The number of rotatable bonds is 12. The molecule has 1 fully saturated rings. The third-order valence-corrected chi connectivity index (χ3v) is 6.37. The smallest absolute Gasteiger partial charge is 0.243 e. The maximum Gasteiger partial charge on any atom is 0.243 e. The van der Waals surface area contributed by atoms with Crippen LogP contribution in [0.3, 0.4) is 0 Å². The van der Waals surface area contributed by atoms with Gasteiger partial charge in [-0.3, -0.25) is 9.59 Å². The second-order valence-corrected chi connectivity index (χ2v) is 8.86. The van der Waals surface area contributed by atoms with Crippen molar-refractivity contribution in [3.63, 3.8) is 0 Å². The van der Waals surface area contributed by atoms with E-state index in [4.69, 9.17) is 4.74 Å². The van der Waals surface area contributed by atoms with E-state index in [1.807, 2.05) is 55.5 Å². The molecule has 0 spiro atoms. The van der Waals surface area contributed by atoms with Gasteiger partial charge in [-0.2, -0.15) is 0 Å². The summed E-state index contributed by atoms with van der Waals surface area (Å²) >= 11 is 0. The average Bonchev–Trinajstić information content (AvgIpc) is 2.86. The zero-order valence-electron chi connectivity index (χ0n) is 19.9. The number of carbonyl (C=O) groups is 2. The highest BCUT2D eigenvalue weighted by atomic mass is 16.5. The van der Waals surface area contributed by atoms with E-state index in [0.717, 1.165) is 25.0 Å². The lowest BCUT2D eigenvalue weighted by molar-refractivity contribution is -0.141. The van der Waals surface area contributed by atoms with Crippen LogP contribution in [0, 0.1) is 0 Å². The Morgan fingerprint density at radius 1 is 1.00 bits per heavy atom. The summed E-state index contributed by atoms with van der Waals surface area (Å²) in [5.41, 5.74) is 1.17. The first-order valence-electron chi connectivity index (χ1n) is 12.5. The molecule has 1 atom stereocenters. The van der Waals surface area contributed by atoms with E-state index in [2.05, 4.69) is 17.4 Å². The molecule has 0 aromatic heterocycles. The third-order valence-electron chi connectivity index (χ3n) is 6.37. The Morgan fingerprint density at radius 2 is 1.67 bits per heavy atom. The van der Waals surface area contributed by atoms with Crippen molar-refractivity contribution in [2.45, 2.75) is 76.8 Å². The van der Waals surface area contributed by atoms with Crippen LogP contribution in [0.4, 0.5) is 0 Å². The molecular weight excluding hydrogens is 412 g/mol. The Hall–Kier alpha value is -2.82. The predicted octanol–water partition coefficient (Wildman–Crippen LogP) is 5.14. The molecule has 0 unspecified atom stereocenters. The lowest BCUT2D eigenvalue weighted by atomic mass is 9.95. The first-order valence-corrected chi connectivity index (χ1v) is 12.5. The fraction of sp³-hybridized carbons (Fsp3) is 0.500. The van der Waals surface area contributed by atoms with E-state index in [0.29, 0.717) is 32.4 Å². The standard InChI is InChI=1S/C28H38N2O3/c1-2-26(28(32)29-24-15-8-4-9-16-24)30(21-20-23-13-6-3-7-14-23)27(31)19-12-22-33-25-17-10-5-11-18-25/h3,5-7,10-11,13-14,17-18,24,26H,2,4,8-9,12,15-16,19-22H2,1H3,(H,29,32)/t26-/m1/s1. The average molecular weight is 451 g/mol. The van der Waals surface area contributed by atoms with Gasteiger partial charge in [-0.1, -0.05) is 74.7 Å². The predicted molar refractivity (Wildman–Crippen MR) is 132 cm³/mol. The summed E-state index contributed by atoms with van der Waals surface area (Å²) in [5.74, 6) is 0.823. The minimum atomic E-state index is -0.432. The van der Waals surface area contributed by atoms with Gasteiger partial charge in [0.05, 0.1) is 6.61 Å². The number of carbonyl (C=O) groups excluding carboxylic acids is 2. The van der Waals surface area contributed by atoms with Crippen LogP contribution in [0.15, 0.2) is 60.7 Å². The van der Waals surface area contributed by atoms with Gasteiger partial charge in [0.25, 0.3) is 0 Å². The van der Waals surface area contributed by atoms with Crippen LogP contribution in [0.25, 0.3) is 0 Å². The number of hydrogen-bond acceptors (Lipinski definition) is 3. The van der Waals surface area contributed by atoms with Gasteiger partial charge < -0.3 is 15.0 Å². The van der Waals surface area contributed by atoms with Gasteiger partial charge in [0, 0.05) is 19.0 Å². The zero-order valence-corrected chi connectivity index (χ0v) is 19.9. The lowest BCUT2D eigenvalue weighted by Gasteiger charge is -2.33. The summed E-state index contributed by atoms with van der Waals surface area (Å²) in [7, 11) is 0. The molecule has 1 N–H and O–H groups in total. The van der Waals surface area contributed by atoms with Crippen molar-refractivity contribution in [3.8, 4) is 5.75 Å². The van der Waals surface area contributed by atoms with Crippen molar-refractivity contribution in [1.29, 1.82) is 0 Å². The molecular formula is C28H38N2O3. The van der Waals surface area contributed by atoms with Crippen molar-refractivity contribution in [3.05, 3.63) is 66.2 Å². The van der Waals surface area contributed by atoms with Gasteiger partial charge in [-0.15, -0.1) is 0 Å². The van der Waals surface area contributed by atoms with Gasteiger partial charge in [0.2, 0.25) is 11.8 Å². The number of amides is 2. The van der Waals surface area contributed by atoms with Crippen molar-refractivity contribution < 1.29 is 14.3 Å². The minimum absolute atomic E-state index is 0.00801. The van der Waals surface area contributed by atoms with Crippen molar-refractivity contribution in [2.24, 2.45) is 0 Å². The van der Waals surface area contributed by atoms with E-state index < -0.39 is 6.04 Å². The van der Waals surface area contributed by atoms with E-state index in [9.17, 15) is 9.59 Å². The number of hydrogen-bond donors (Lipinski definition) is 1. The highest BCUT2D eigenvalue weighted by molar-refractivity contribution is 5.87. The van der Waals surface area contributed by atoms with Crippen LogP contribution in [-0.2, 0) is 16.0 Å². The zero-order chi connectivity index (χ0) is 23.3. The van der Waals surface area contributed by atoms with E-state index in [1.165, 1.54) is 24.8 Å². The summed E-state index contributed by atoms with van der Waals surface area (Å²) in [6, 6.07) is 19.6. The second-order valence-electron chi connectivity index (χ2n) is 8.86. The van der Waals surface area contributed by atoms with E-state index in [-0.39, 0.29) is 17.9 Å². The molecule has 3 rings (SSSR count). The maximum absolute atomic E-state index is 13.3. The molecule has 1 saturated carbocycles. The number of nitrogens with one attached hydrogen (secondary N) is 1. The Balaban J connectivity index is 1.60. The van der Waals surface area contributed by atoms with Crippen LogP contribution < -0.4 is 10.1 Å². The van der Waals surface area contributed by atoms with E-state index in [1.54, 1.807) is 4.90 Å². The molecule has 2 aromatic carbocycles. The normalized spacial score (nSPS) is 14.9. The second kappa shape index (κ2) is 13.7. The number of para-hydroxylation sites is 1. The first-order chi connectivity index (χ1) is 16.2. The van der Waals surface area contributed by atoms with Gasteiger partial charge in [-0.25, -0.2) is 0 Å².